The van der Waals surface area contributed by atoms with Crippen LogP contribution >= 0.6 is 0 Å². The Kier molecular flexibility index (Phi) is 3.91. The Bertz CT molecular complexity index is 946. The zero-order valence-electron chi connectivity index (χ0n) is 12.8. The van der Waals surface area contributed by atoms with E-state index in [9.17, 15) is 13.5 Å². The summed E-state index contributed by atoms with van der Waals surface area (Å²) in [6.07, 6.45) is 2.66. The van der Waals surface area contributed by atoms with E-state index in [0.29, 0.717) is 17.6 Å². The van der Waals surface area contributed by atoms with Gasteiger partial charge in [-0.15, -0.1) is 0 Å². The molecule has 1 atom stereocenters. The molecule has 120 valence electrons. The predicted octanol–water partition coefficient (Wildman–Crippen LogP) is 2.42. The van der Waals surface area contributed by atoms with Gasteiger partial charge in [0.25, 0.3) is 10.0 Å². The van der Waals surface area contributed by atoms with Gasteiger partial charge in [0, 0.05) is 6.20 Å². The highest BCUT2D eigenvalue weighted by atomic mass is 32.2. The fourth-order valence-electron chi connectivity index (χ4n) is 2.29. The van der Waals surface area contributed by atoms with Crippen molar-refractivity contribution >= 4 is 21.2 Å². The number of aryl methyl sites for hydroxylation is 1. The van der Waals surface area contributed by atoms with Crippen molar-refractivity contribution in [3.63, 3.8) is 0 Å². The number of hydrogen-bond donors (Lipinski definition) is 1. The van der Waals surface area contributed by atoms with Crippen molar-refractivity contribution in [1.29, 1.82) is 0 Å². The van der Waals surface area contributed by atoms with E-state index in [1.165, 1.54) is 12.4 Å². The number of hydrogen-bond acceptors (Lipinski definition) is 5. The summed E-state index contributed by atoms with van der Waals surface area (Å²) in [5.74, 6) is 0. The predicted molar refractivity (Wildman–Crippen MR) is 86.5 cm³/mol. The summed E-state index contributed by atoms with van der Waals surface area (Å²) in [4.78, 5) is 8.67. The maximum atomic E-state index is 12.7. The van der Waals surface area contributed by atoms with Crippen molar-refractivity contribution in [2.75, 3.05) is 0 Å². The molecular formula is C16H17N3O3S. The standard InChI is InChI=1S/C16H17N3O3S/c1-3-15(20)14-10-17-16-13(18-14)8-9-19(16)23(21,22)12-6-4-11(2)5-7-12/h4-10,15,20H,3H2,1-2H3. The van der Waals surface area contributed by atoms with E-state index >= 15 is 0 Å². The number of benzene rings is 1. The minimum atomic E-state index is -3.73. The third-order valence-corrected chi connectivity index (χ3v) is 5.36. The molecule has 0 saturated heterocycles. The van der Waals surface area contributed by atoms with Crippen molar-refractivity contribution in [3.05, 3.63) is 54.0 Å². The molecule has 0 fully saturated rings. The van der Waals surface area contributed by atoms with Crippen LogP contribution in [0.5, 0.6) is 0 Å². The third kappa shape index (κ3) is 2.73. The third-order valence-electron chi connectivity index (χ3n) is 3.68. The molecular weight excluding hydrogens is 314 g/mol. The first-order valence-corrected chi connectivity index (χ1v) is 8.72. The average Bonchev–Trinajstić information content (AvgIpc) is 2.98. The van der Waals surface area contributed by atoms with Crippen LogP contribution in [-0.4, -0.2) is 27.5 Å². The van der Waals surface area contributed by atoms with E-state index < -0.39 is 16.1 Å². The van der Waals surface area contributed by atoms with Crippen LogP contribution in [0.25, 0.3) is 11.2 Å². The largest absolute Gasteiger partial charge is 0.387 e. The highest BCUT2D eigenvalue weighted by Crippen LogP contribution is 2.22. The summed E-state index contributed by atoms with van der Waals surface area (Å²) in [7, 11) is -3.73. The molecule has 3 rings (SSSR count). The molecule has 0 radical (unpaired) electrons. The van der Waals surface area contributed by atoms with Crippen LogP contribution in [0.1, 0.15) is 30.7 Å². The molecule has 0 amide bonds. The molecule has 3 aromatic rings. The number of rotatable bonds is 4. The van der Waals surface area contributed by atoms with Gasteiger partial charge >= 0.3 is 0 Å². The van der Waals surface area contributed by atoms with Gasteiger partial charge < -0.3 is 5.11 Å². The summed E-state index contributed by atoms with van der Waals surface area (Å²) in [5, 5.41) is 9.83. The van der Waals surface area contributed by atoms with Crippen LogP contribution in [0.15, 0.2) is 47.6 Å². The molecule has 2 aromatic heterocycles. The van der Waals surface area contributed by atoms with Crippen LogP contribution in [0.3, 0.4) is 0 Å². The number of aromatic nitrogens is 3. The summed E-state index contributed by atoms with van der Waals surface area (Å²) in [6.45, 7) is 3.73. The second kappa shape index (κ2) is 5.75. The Morgan fingerprint density at radius 3 is 2.57 bits per heavy atom. The zero-order chi connectivity index (χ0) is 16.6. The molecule has 0 bridgehead atoms. The van der Waals surface area contributed by atoms with Crippen LogP contribution < -0.4 is 0 Å². The summed E-state index contributed by atoms with van der Waals surface area (Å²) >= 11 is 0. The number of fused-ring (bicyclic) bond motifs is 1. The van der Waals surface area contributed by atoms with E-state index in [1.807, 2.05) is 13.8 Å². The lowest BCUT2D eigenvalue weighted by atomic mass is 10.2. The maximum absolute atomic E-state index is 12.7. The van der Waals surface area contributed by atoms with Gasteiger partial charge in [0.15, 0.2) is 5.65 Å². The van der Waals surface area contributed by atoms with Crippen molar-refractivity contribution in [1.82, 2.24) is 13.9 Å². The van der Waals surface area contributed by atoms with Gasteiger partial charge in [0.2, 0.25) is 0 Å². The second-order valence-electron chi connectivity index (χ2n) is 5.36. The summed E-state index contributed by atoms with van der Waals surface area (Å²) in [5.41, 5.74) is 2.10. The zero-order valence-corrected chi connectivity index (χ0v) is 13.7. The maximum Gasteiger partial charge on any atom is 0.269 e. The molecule has 1 unspecified atom stereocenters. The number of aliphatic hydroxyl groups excluding tert-OH is 1. The minimum Gasteiger partial charge on any atom is -0.387 e. The molecule has 2 heterocycles. The normalized spacial score (nSPS) is 13.3. The SMILES string of the molecule is CCC(O)c1cnc2c(ccn2S(=O)(=O)c2ccc(C)cc2)n1. The monoisotopic (exact) mass is 331 g/mol. The van der Waals surface area contributed by atoms with Gasteiger partial charge in [0.05, 0.1) is 22.9 Å². The lowest BCUT2D eigenvalue weighted by Gasteiger charge is -2.09. The first-order valence-electron chi connectivity index (χ1n) is 7.28. The molecule has 0 aliphatic rings. The van der Waals surface area contributed by atoms with E-state index in [4.69, 9.17) is 0 Å². The Morgan fingerprint density at radius 2 is 1.91 bits per heavy atom. The Balaban J connectivity index is 2.11. The van der Waals surface area contributed by atoms with E-state index in [0.717, 1.165) is 9.54 Å². The lowest BCUT2D eigenvalue weighted by molar-refractivity contribution is 0.169. The van der Waals surface area contributed by atoms with Gasteiger partial charge in [-0.1, -0.05) is 24.6 Å². The van der Waals surface area contributed by atoms with Gasteiger partial charge in [-0.25, -0.2) is 22.4 Å². The van der Waals surface area contributed by atoms with Crippen LogP contribution in [0, 0.1) is 6.92 Å². The first kappa shape index (κ1) is 15.6. The molecule has 1 aromatic carbocycles. The minimum absolute atomic E-state index is 0.195. The molecule has 0 aliphatic carbocycles. The van der Waals surface area contributed by atoms with Gasteiger partial charge in [-0.05, 0) is 31.5 Å². The Morgan fingerprint density at radius 1 is 1.22 bits per heavy atom. The summed E-state index contributed by atoms with van der Waals surface area (Å²) in [6, 6.07) is 8.22. The van der Waals surface area contributed by atoms with Gasteiger partial charge in [-0.3, -0.25) is 0 Å². The molecule has 6 nitrogen and oxygen atoms in total. The fraction of sp³-hybridized carbons (Fsp3) is 0.250. The molecule has 7 heteroatoms. The smallest absolute Gasteiger partial charge is 0.269 e. The van der Waals surface area contributed by atoms with E-state index in [-0.39, 0.29) is 10.5 Å². The molecule has 23 heavy (non-hydrogen) atoms. The lowest BCUT2D eigenvalue weighted by Crippen LogP contribution is -2.13. The van der Waals surface area contributed by atoms with Gasteiger partial charge in [-0.2, -0.15) is 0 Å². The van der Waals surface area contributed by atoms with E-state index in [1.54, 1.807) is 30.3 Å². The fourth-order valence-corrected chi connectivity index (χ4v) is 3.59. The van der Waals surface area contributed by atoms with Crippen LogP contribution in [0.2, 0.25) is 0 Å². The average molecular weight is 331 g/mol. The summed E-state index contributed by atoms with van der Waals surface area (Å²) < 4.78 is 26.6. The molecule has 0 spiro atoms. The molecule has 0 saturated carbocycles. The van der Waals surface area contributed by atoms with Crippen molar-refractivity contribution in [2.24, 2.45) is 0 Å². The number of aliphatic hydroxyl groups is 1. The Labute approximate surface area is 134 Å². The second-order valence-corrected chi connectivity index (χ2v) is 7.17. The van der Waals surface area contributed by atoms with Crippen LogP contribution in [0.4, 0.5) is 0 Å². The topological polar surface area (TPSA) is 85.1 Å². The van der Waals surface area contributed by atoms with Crippen molar-refractivity contribution in [3.8, 4) is 0 Å². The highest BCUT2D eigenvalue weighted by molar-refractivity contribution is 7.90. The first-order chi connectivity index (χ1) is 10.9. The highest BCUT2D eigenvalue weighted by Gasteiger charge is 2.20. The quantitative estimate of drug-likeness (QED) is 0.793. The number of nitrogens with zero attached hydrogens (tertiary/aromatic N) is 3. The Hall–Kier alpha value is -2.25. The van der Waals surface area contributed by atoms with Crippen molar-refractivity contribution in [2.45, 2.75) is 31.3 Å². The van der Waals surface area contributed by atoms with E-state index in [2.05, 4.69) is 9.97 Å². The van der Waals surface area contributed by atoms with Crippen molar-refractivity contribution < 1.29 is 13.5 Å². The molecule has 1 N–H and O–H groups in total. The van der Waals surface area contributed by atoms with Gasteiger partial charge in [0.1, 0.15) is 5.52 Å². The molecule has 0 aliphatic heterocycles. The van der Waals surface area contributed by atoms with Crippen LogP contribution in [-0.2, 0) is 10.0 Å².